The summed E-state index contributed by atoms with van der Waals surface area (Å²) in [6.45, 7) is 4.47. The van der Waals surface area contributed by atoms with Crippen LogP contribution < -0.4 is 4.72 Å². The lowest BCUT2D eigenvalue weighted by Gasteiger charge is -2.56. The lowest BCUT2D eigenvalue weighted by Crippen LogP contribution is -2.70. The van der Waals surface area contributed by atoms with E-state index in [4.69, 9.17) is 0 Å². The predicted octanol–water partition coefficient (Wildman–Crippen LogP) is 4.23. The average Bonchev–Trinajstić information content (AvgIpc) is 2.94. The first-order valence-electron chi connectivity index (χ1n) is 11.3. The van der Waals surface area contributed by atoms with E-state index in [1.54, 1.807) is 0 Å². The van der Waals surface area contributed by atoms with Crippen molar-refractivity contribution in [1.82, 2.24) is 4.72 Å². The molecule has 4 nitrogen and oxygen atoms in total. The first-order chi connectivity index (χ1) is 12.6. The molecule has 0 aromatic rings. The third-order valence-electron chi connectivity index (χ3n) is 9.23. The molecule has 0 amide bonds. The number of sulfonamides is 1. The van der Waals surface area contributed by atoms with E-state index in [9.17, 15) is 13.5 Å². The van der Waals surface area contributed by atoms with Crippen LogP contribution in [0, 0.1) is 29.1 Å². The third kappa shape index (κ3) is 2.85. The number of rotatable bonds is 4. The van der Waals surface area contributed by atoms with Gasteiger partial charge in [-0.3, -0.25) is 0 Å². The van der Waals surface area contributed by atoms with E-state index in [2.05, 4.69) is 18.6 Å². The number of fused-ring (bicyclic) bond motifs is 2. The Hall–Kier alpha value is -0.130. The first-order valence-corrected chi connectivity index (χ1v) is 13.2. The summed E-state index contributed by atoms with van der Waals surface area (Å²) in [5.74, 6) is 1.45. The Morgan fingerprint density at radius 3 is 2.00 bits per heavy atom. The molecule has 2 N–H and O–H groups in total. The van der Waals surface area contributed by atoms with Crippen molar-refractivity contribution in [3.05, 3.63) is 0 Å². The fourth-order valence-corrected chi connectivity index (χ4v) is 9.39. The van der Waals surface area contributed by atoms with Crippen LogP contribution in [0.15, 0.2) is 0 Å². The molecule has 0 aliphatic heterocycles. The molecular weight excluding hydrogens is 358 g/mol. The number of hydrogen-bond acceptors (Lipinski definition) is 3. The van der Waals surface area contributed by atoms with Crippen molar-refractivity contribution < 1.29 is 13.5 Å². The zero-order valence-corrected chi connectivity index (χ0v) is 18.3. The van der Waals surface area contributed by atoms with E-state index in [1.165, 1.54) is 57.6 Å². The maximum absolute atomic E-state index is 12.6. The minimum atomic E-state index is -3.40. The fourth-order valence-electron chi connectivity index (χ4n) is 8.23. The van der Waals surface area contributed by atoms with Gasteiger partial charge in [-0.25, -0.2) is 13.1 Å². The molecule has 4 aliphatic carbocycles. The molecule has 5 heteroatoms. The van der Waals surface area contributed by atoms with Crippen molar-refractivity contribution >= 4 is 10.0 Å². The molecule has 0 aromatic heterocycles. The number of nitrogens with one attached hydrogen (secondary N) is 1. The zero-order valence-electron chi connectivity index (χ0n) is 17.5. The molecule has 4 saturated carbocycles. The second-order valence-corrected chi connectivity index (χ2v) is 12.5. The lowest BCUT2D eigenvalue weighted by molar-refractivity contribution is -0.153. The van der Waals surface area contributed by atoms with Gasteiger partial charge in [-0.2, -0.15) is 0 Å². The van der Waals surface area contributed by atoms with Crippen LogP contribution >= 0.6 is 0 Å². The normalized spacial score (nSPS) is 43.3. The molecule has 4 rings (SSSR count). The maximum Gasteiger partial charge on any atom is 0.209 e. The maximum atomic E-state index is 12.6. The van der Waals surface area contributed by atoms with Gasteiger partial charge >= 0.3 is 0 Å². The Labute approximate surface area is 165 Å². The number of hydrogen-bond donors (Lipinski definition) is 2. The van der Waals surface area contributed by atoms with Gasteiger partial charge in [-0.1, -0.05) is 65.2 Å². The van der Waals surface area contributed by atoms with Gasteiger partial charge in [0.1, 0.15) is 0 Å². The highest BCUT2D eigenvalue weighted by Crippen LogP contribution is 2.72. The van der Waals surface area contributed by atoms with Crippen LogP contribution in [0.25, 0.3) is 0 Å². The molecule has 27 heavy (non-hydrogen) atoms. The van der Waals surface area contributed by atoms with E-state index >= 15 is 0 Å². The minimum Gasteiger partial charge on any atom is -0.387 e. The largest absolute Gasteiger partial charge is 0.387 e. The molecule has 4 unspecified atom stereocenters. The van der Waals surface area contributed by atoms with Crippen LogP contribution in [-0.2, 0) is 10.0 Å². The molecular formula is C22H39NO3S. The second kappa shape index (κ2) is 6.70. The van der Waals surface area contributed by atoms with Crippen molar-refractivity contribution in [2.75, 3.05) is 6.26 Å². The highest BCUT2D eigenvalue weighted by Gasteiger charge is 2.78. The van der Waals surface area contributed by atoms with E-state index in [0.717, 1.165) is 25.7 Å². The molecule has 0 heterocycles. The standard InChI is InChI=1S/C22H39NO3S/c1-20(2)18-14-15-21(20,23-27(3,25)26)22(24,17-12-8-5-9-13-17)19(18)16-10-6-4-7-11-16/h16-19,23-24H,4-15H2,1-3H3. The van der Waals surface area contributed by atoms with Crippen molar-refractivity contribution in [3.63, 3.8) is 0 Å². The van der Waals surface area contributed by atoms with Crippen LogP contribution in [0.2, 0.25) is 0 Å². The number of aliphatic hydroxyl groups is 1. The SMILES string of the molecule is CC1(C)C2CCC1(NS(C)(=O)=O)C(O)(C1CCCCC1)C2C1CCCCC1. The Morgan fingerprint density at radius 2 is 1.44 bits per heavy atom. The lowest BCUT2D eigenvalue weighted by atomic mass is 9.56. The van der Waals surface area contributed by atoms with Crippen LogP contribution in [0.5, 0.6) is 0 Å². The monoisotopic (exact) mass is 397 g/mol. The summed E-state index contributed by atoms with van der Waals surface area (Å²) >= 11 is 0. The Bertz CT molecular complexity index is 663. The molecule has 4 atom stereocenters. The molecule has 0 spiro atoms. The van der Waals surface area contributed by atoms with E-state index < -0.39 is 21.2 Å². The minimum absolute atomic E-state index is 0.204. The molecule has 4 fully saturated rings. The van der Waals surface area contributed by atoms with E-state index in [0.29, 0.717) is 11.8 Å². The van der Waals surface area contributed by atoms with Crippen molar-refractivity contribution in [3.8, 4) is 0 Å². The third-order valence-corrected chi connectivity index (χ3v) is 9.95. The highest BCUT2D eigenvalue weighted by molar-refractivity contribution is 7.88. The summed E-state index contributed by atoms with van der Waals surface area (Å²) in [5.41, 5.74) is -1.81. The molecule has 0 saturated heterocycles. The molecule has 0 aromatic carbocycles. The summed E-state index contributed by atoms with van der Waals surface area (Å²) in [4.78, 5) is 0. The Kier molecular flexibility index (Phi) is 5.00. The quantitative estimate of drug-likeness (QED) is 0.746. The summed E-state index contributed by atoms with van der Waals surface area (Å²) < 4.78 is 28.1. The van der Waals surface area contributed by atoms with Crippen molar-refractivity contribution in [2.24, 2.45) is 29.1 Å². The molecule has 2 bridgehead atoms. The van der Waals surface area contributed by atoms with Gasteiger partial charge in [-0.15, -0.1) is 0 Å². The van der Waals surface area contributed by atoms with Gasteiger partial charge in [0, 0.05) is 0 Å². The van der Waals surface area contributed by atoms with Crippen LogP contribution in [0.4, 0.5) is 0 Å². The van der Waals surface area contributed by atoms with Gasteiger partial charge in [0.15, 0.2) is 0 Å². The molecule has 156 valence electrons. The summed E-state index contributed by atoms with van der Waals surface area (Å²) in [6, 6.07) is 0. The fraction of sp³-hybridized carbons (Fsp3) is 1.00. The van der Waals surface area contributed by atoms with Gasteiger partial charge in [0.25, 0.3) is 0 Å². The van der Waals surface area contributed by atoms with Gasteiger partial charge in [-0.05, 0) is 54.8 Å². The molecule has 0 radical (unpaired) electrons. The smallest absolute Gasteiger partial charge is 0.209 e. The predicted molar refractivity (Wildman–Crippen MR) is 109 cm³/mol. The van der Waals surface area contributed by atoms with Crippen LogP contribution in [0.3, 0.4) is 0 Å². The van der Waals surface area contributed by atoms with Gasteiger partial charge in [0.2, 0.25) is 10.0 Å². The second-order valence-electron chi connectivity index (χ2n) is 10.7. The van der Waals surface area contributed by atoms with Crippen molar-refractivity contribution in [2.45, 2.75) is 102 Å². The summed E-state index contributed by atoms with van der Waals surface area (Å²) in [5, 5.41) is 12.6. The highest BCUT2D eigenvalue weighted by atomic mass is 32.2. The Balaban J connectivity index is 1.83. The first kappa shape index (κ1) is 20.2. The Morgan fingerprint density at radius 1 is 0.889 bits per heavy atom. The van der Waals surface area contributed by atoms with Crippen LogP contribution in [0.1, 0.15) is 90.9 Å². The zero-order chi connectivity index (χ0) is 19.5. The summed E-state index contributed by atoms with van der Waals surface area (Å²) in [7, 11) is -3.40. The van der Waals surface area contributed by atoms with Crippen LogP contribution in [-0.4, -0.2) is 30.9 Å². The van der Waals surface area contributed by atoms with E-state index in [-0.39, 0.29) is 17.3 Å². The van der Waals surface area contributed by atoms with Gasteiger partial charge < -0.3 is 5.11 Å². The topological polar surface area (TPSA) is 66.4 Å². The average molecular weight is 398 g/mol. The van der Waals surface area contributed by atoms with Gasteiger partial charge in [0.05, 0.1) is 17.4 Å². The summed E-state index contributed by atoms with van der Waals surface area (Å²) in [6.07, 6.45) is 15.1. The molecule has 4 aliphatic rings. The van der Waals surface area contributed by atoms with Crippen molar-refractivity contribution in [1.29, 1.82) is 0 Å². The van der Waals surface area contributed by atoms with E-state index in [1.807, 2.05) is 0 Å².